The summed E-state index contributed by atoms with van der Waals surface area (Å²) in [5.74, 6) is 0.370. The number of nitrogens with one attached hydrogen (secondary N) is 1. The van der Waals surface area contributed by atoms with Crippen molar-refractivity contribution in [2.45, 2.75) is 30.7 Å². The summed E-state index contributed by atoms with van der Waals surface area (Å²) >= 11 is 0. The Morgan fingerprint density at radius 3 is 2.18 bits per heavy atom. The molecule has 0 saturated heterocycles. The predicted molar refractivity (Wildman–Crippen MR) is 116 cm³/mol. The van der Waals surface area contributed by atoms with Crippen LogP contribution in [0.15, 0.2) is 71.6 Å². The molecule has 1 atom stereocenters. The molecule has 0 spiro atoms. The quantitative estimate of drug-likeness (QED) is 0.638. The third-order valence-corrected chi connectivity index (χ3v) is 6.57. The van der Waals surface area contributed by atoms with Crippen LogP contribution >= 0.6 is 0 Å². The van der Waals surface area contributed by atoms with E-state index >= 15 is 0 Å². The molecule has 4 nitrogen and oxygen atoms in total. The second-order valence-corrected chi connectivity index (χ2v) is 9.39. The van der Waals surface area contributed by atoms with Crippen molar-refractivity contribution in [1.29, 1.82) is 0 Å². The second kappa shape index (κ2) is 8.43. The minimum atomic E-state index is -3.57. The average molecular weight is 397 g/mol. The van der Waals surface area contributed by atoms with Crippen LogP contribution in [0.4, 0.5) is 0 Å². The summed E-state index contributed by atoms with van der Waals surface area (Å²) in [4.78, 5) is 2.35. The Morgan fingerprint density at radius 2 is 1.54 bits per heavy atom. The smallest absolute Gasteiger partial charge is 0.240 e. The molecule has 1 N–H and O–H groups in total. The summed E-state index contributed by atoms with van der Waals surface area (Å²) in [6.45, 7) is 4.48. The molecule has 0 aliphatic rings. The molecule has 0 amide bonds. The first-order chi connectivity index (χ1) is 13.3. The Kier molecular flexibility index (Phi) is 6.18. The van der Waals surface area contributed by atoms with Gasteiger partial charge in [0.25, 0.3) is 0 Å². The van der Waals surface area contributed by atoms with E-state index in [-0.39, 0.29) is 6.04 Å². The predicted octanol–water partition coefficient (Wildman–Crippen LogP) is 4.54. The summed E-state index contributed by atoms with van der Waals surface area (Å²) in [6.07, 6.45) is 0. The summed E-state index contributed by atoms with van der Waals surface area (Å²) in [5, 5.41) is 2.29. The lowest BCUT2D eigenvalue weighted by Crippen LogP contribution is -2.34. The van der Waals surface area contributed by atoms with E-state index in [0.29, 0.717) is 17.4 Å². The normalized spacial score (nSPS) is 13.4. The molecular formula is C23H28N2O2S. The number of hydrogen-bond donors (Lipinski definition) is 1. The molecule has 5 heteroatoms. The van der Waals surface area contributed by atoms with Gasteiger partial charge in [-0.25, -0.2) is 13.1 Å². The number of rotatable bonds is 7. The van der Waals surface area contributed by atoms with Gasteiger partial charge in [-0.3, -0.25) is 0 Å². The van der Waals surface area contributed by atoms with Crippen molar-refractivity contribution in [3.05, 3.63) is 77.9 Å². The van der Waals surface area contributed by atoms with E-state index in [2.05, 4.69) is 42.8 Å². The Bertz CT molecular complexity index is 1040. The van der Waals surface area contributed by atoms with Crippen molar-refractivity contribution in [3.8, 4) is 0 Å². The van der Waals surface area contributed by atoms with Crippen LogP contribution in [0, 0.1) is 0 Å². The molecule has 3 rings (SSSR count). The van der Waals surface area contributed by atoms with Crippen molar-refractivity contribution in [1.82, 2.24) is 9.62 Å². The molecule has 0 aromatic heterocycles. The zero-order valence-corrected chi connectivity index (χ0v) is 17.7. The van der Waals surface area contributed by atoms with Gasteiger partial charge in [0, 0.05) is 12.6 Å². The first-order valence-corrected chi connectivity index (χ1v) is 11.0. The van der Waals surface area contributed by atoms with Gasteiger partial charge in [0.15, 0.2) is 0 Å². The van der Waals surface area contributed by atoms with Crippen LogP contribution < -0.4 is 4.72 Å². The second-order valence-electron chi connectivity index (χ2n) is 7.62. The van der Waals surface area contributed by atoms with Crippen LogP contribution in [0.25, 0.3) is 10.8 Å². The summed E-state index contributed by atoms with van der Waals surface area (Å²) in [7, 11) is 0.372. The van der Waals surface area contributed by atoms with Gasteiger partial charge in [0.1, 0.15) is 0 Å². The fourth-order valence-corrected chi connectivity index (χ4v) is 4.45. The van der Waals surface area contributed by atoms with E-state index in [4.69, 9.17) is 0 Å². The highest BCUT2D eigenvalue weighted by Crippen LogP contribution is 2.27. The lowest BCUT2D eigenvalue weighted by atomic mass is 9.98. The number of fused-ring (bicyclic) bond motifs is 1. The summed E-state index contributed by atoms with van der Waals surface area (Å²) in [6, 6.07) is 21.4. The number of nitrogens with zero attached hydrogens (tertiary/aromatic N) is 1. The fourth-order valence-electron chi connectivity index (χ4n) is 3.42. The number of sulfonamides is 1. The zero-order valence-electron chi connectivity index (χ0n) is 16.9. The highest BCUT2D eigenvalue weighted by atomic mass is 32.2. The monoisotopic (exact) mass is 396 g/mol. The van der Waals surface area contributed by atoms with Crippen LogP contribution in [0.5, 0.6) is 0 Å². The fraction of sp³-hybridized carbons (Fsp3) is 0.304. The van der Waals surface area contributed by atoms with Gasteiger partial charge >= 0.3 is 0 Å². The van der Waals surface area contributed by atoms with Crippen LogP contribution in [0.2, 0.25) is 0 Å². The molecule has 148 valence electrons. The van der Waals surface area contributed by atoms with Crippen LogP contribution in [0.3, 0.4) is 0 Å². The van der Waals surface area contributed by atoms with Gasteiger partial charge in [-0.1, -0.05) is 68.4 Å². The van der Waals surface area contributed by atoms with E-state index in [1.807, 2.05) is 49.3 Å². The molecule has 28 heavy (non-hydrogen) atoms. The molecular weight excluding hydrogens is 368 g/mol. The molecule has 0 heterocycles. The van der Waals surface area contributed by atoms with Crippen LogP contribution in [-0.2, 0) is 10.0 Å². The minimum Gasteiger partial charge on any atom is -0.301 e. The number of likely N-dealkylation sites (N-methyl/N-ethyl adjacent to an activating group) is 1. The zero-order chi connectivity index (χ0) is 20.3. The molecule has 0 fully saturated rings. The maximum Gasteiger partial charge on any atom is 0.240 e. The molecule has 3 aromatic carbocycles. The SMILES string of the molecule is CC(C)c1ccc(S(=O)(=O)NC[C@H](c2cccc3ccccc23)N(C)C)cc1. The van der Waals surface area contributed by atoms with Crippen molar-refractivity contribution in [2.24, 2.45) is 0 Å². The Morgan fingerprint density at radius 1 is 0.893 bits per heavy atom. The summed E-state index contributed by atoms with van der Waals surface area (Å²) in [5.41, 5.74) is 2.24. The molecule has 0 aliphatic heterocycles. The minimum absolute atomic E-state index is 0.0733. The highest BCUT2D eigenvalue weighted by molar-refractivity contribution is 7.89. The molecule has 0 saturated carbocycles. The van der Waals surface area contributed by atoms with E-state index in [0.717, 1.165) is 21.9 Å². The Balaban J connectivity index is 1.85. The highest BCUT2D eigenvalue weighted by Gasteiger charge is 2.21. The van der Waals surface area contributed by atoms with Crippen LogP contribution in [0.1, 0.15) is 36.9 Å². The van der Waals surface area contributed by atoms with E-state index in [1.165, 1.54) is 0 Å². The third-order valence-electron chi connectivity index (χ3n) is 5.13. The Labute approximate surface area is 168 Å². The molecule has 0 bridgehead atoms. The first kappa shape index (κ1) is 20.5. The van der Waals surface area contributed by atoms with Gasteiger partial charge < -0.3 is 4.90 Å². The largest absolute Gasteiger partial charge is 0.301 e. The molecule has 0 aliphatic carbocycles. The topological polar surface area (TPSA) is 49.4 Å². The number of benzene rings is 3. The Hall–Kier alpha value is -2.21. The third kappa shape index (κ3) is 4.43. The molecule has 0 unspecified atom stereocenters. The molecule has 0 radical (unpaired) electrons. The van der Waals surface area contributed by atoms with Gasteiger partial charge in [0.2, 0.25) is 10.0 Å². The van der Waals surface area contributed by atoms with E-state index in [1.54, 1.807) is 12.1 Å². The van der Waals surface area contributed by atoms with E-state index < -0.39 is 10.0 Å². The maximum absolute atomic E-state index is 12.8. The van der Waals surface area contributed by atoms with E-state index in [9.17, 15) is 8.42 Å². The maximum atomic E-state index is 12.8. The van der Waals surface area contributed by atoms with Gasteiger partial charge in [-0.05, 0) is 54.0 Å². The lowest BCUT2D eigenvalue weighted by molar-refractivity contribution is 0.301. The standard InChI is InChI=1S/C23H28N2O2S/c1-17(2)18-12-14-20(15-13-18)28(26,27)24-16-23(25(3)4)22-11-7-9-19-8-5-6-10-21(19)22/h5-15,17,23-24H,16H2,1-4H3/t23-/m1/s1. The van der Waals surface area contributed by atoms with Crippen LogP contribution in [-0.4, -0.2) is 34.0 Å². The number of hydrogen-bond acceptors (Lipinski definition) is 3. The lowest BCUT2D eigenvalue weighted by Gasteiger charge is -2.26. The van der Waals surface area contributed by atoms with Gasteiger partial charge in [0.05, 0.1) is 4.90 Å². The van der Waals surface area contributed by atoms with Gasteiger partial charge in [-0.15, -0.1) is 0 Å². The first-order valence-electron chi connectivity index (χ1n) is 9.53. The summed E-state index contributed by atoms with van der Waals surface area (Å²) < 4.78 is 28.4. The molecule has 3 aromatic rings. The van der Waals surface area contributed by atoms with Gasteiger partial charge in [-0.2, -0.15) is 0 Å². The van der Waals surface area contributed by atoms with Crippen molar-refractivity contribution in [2.75, 3.05) is 20.6 Å². The average Bonchev–Trinajstić information content (AvgIpc) is 2.68. The van der Waals surface area contributed by atoms with Crippen molar-refractivity contribution in [3.63, 3.8) is 0 Å². The van der Waals surface area contributed by atoms with Crippen molar-refractivity contribution < 1.29 is 8.42 Å². The van der Waals surface area contributed by atoms with Crippen molar-refractivity contribution >= 4 is 20.8 Å².